The second-order valence-electron chi connectivity index (χ2n) is 11.7. The van der Waals surface area contributed by atoms with Gasteiger partial charge in [0.15, 0.2) is 11.5 Å². The molecule has 0 saturated heterocycles. The Hall–Kier alpha value is -2.94. The smallest absolute Gasteiger partial charge is 0.326 e. The molecule has 9 heteroatoms. The molecule has 0 fully saturated rings. The lowest BCUT2D eigenvalue weighted by molar-refractivity contribution is -0.151. The standard InChI is InChI=1S/C28H43NO8/c1-9-10-22(30)35-14-13-28(29,25(33)34-8)16-19-11-12-20(36-23(31)17-26(2,3)4)21(15-19)37-24(32)18-27(5,6)7/h11-12,15H,9-10,13-14,16-18,29H2,1-8H3/t28-/m1/s1. The third-order valence-corrected chi connectivity index (χ3v) is 5.18. The van der Waals surface area contributed by atoms with Gasteiger partial charge in [-0.15, -0.1) is 0 Å². The van der Waals surface area contributed by atoms with Crippen molar-refractivity contribution in [2.45, 2.75) is 92.5 Å². The van der Waals surface area contributed by atoms with Crippen molar-refractivity contribution in [3.63, 3.8) is 0 Å². The fourth-order valence-electron chi connectivity index (χ4n) is 3.46. The van der Waals surface area contributed by atoms with E-state index in [0.717, 1.165) is 0 Å². The van der Waals surface area contributed by atoms with Gasteiger partial charge >= 0.3 is 23.9 Å². The molecule has 1 aromatic carbocycles. The second-order valence-corrected chi connectivity index (χ2v) is 11.7. The number of rotatable bonds is 12. The van der Waals surface area contributed by atoms with Gasteiger partial charge in [-0.3, -0.25) is 19.2 Å². The monoisotopic (exact) mass is 521 g/mol. The molecule has 37 heavy (non-hydrogen) atoms. The number of methoxy groups -OCH3 is 1. The van der Waals surface area contributed by atoms with Crippen molar-refractivity contribution >= 4 is 23.9 Å². The molecule has 0 bridgehead atoms. The van der Waals surface area contributed by atoms with Gasteiger partial charge in [-0.05, 0) is 34.9 Å². The van der Waals surface area contributed by atoms with E-state index in [0.29, 0.717) is 12.0 Å². The predicted molar refractivity (Wildman–Crippen MR) is 139 cm³/mol. The summed E-state index contributed by atoms with van der Waals surface area (Å²) < 4.78 is 21.2. The fraction of sp³-hybridized carbons (Fsp3) is 0.643. The first-order valence-corrected chi connectivity index (χ1v) is 12.6. The third kappa shape index (κ3) is 12.2. The predicted octanol–water partition coefficient (Wildman–Crippen LogP) is 4.52. The molecule has 1 rings (SSSR count). The van der Waals surface area contributed by atoms with Crippen molar-refractivity contribution in [3.8, 4) is 11.5 Å². The minimum atomic E-state index is -1.50. The summed E-state index contributed by atoms with van der Waals surface area (Å²) in [5.74, 6) is -1.86. The number of hydrogen-bond donors (Lipinski definition) is 1. The van der Waals surface area contributed by atoms with Gasteiger partial charge in [0, 0.05) is 19.3 Å². The zero-order valence-electron chi connectivity index (χ0n) is 23.5. The lowest BCUT2D eigenvalue weighted by atomic mass is 9.88. The van der Waals surface area contributed by atoms with Crippen LogP contribution < -0.4 is 15.2 Å². The van der Waals surface area contributed by atoms with Crippen LogP contribution in [0.25, 0.3) is 0 Å². The van der Waals surface area contributed by atoms with Gasteiger partial charge in [0.05, 0.1) is 26.6 Å². The molecular formula is C28H43NO8. The first-order chi connectivity index (χ1) is 17.0. The van der Waals surface area contributed by atoms with Gasteiger partial charge in [-0.25, -0.2) is 0 Å². The highest BCUT2D eigenvalue weighted by Crippen LogP contribution is 2.33. The summed E-state index contributed by atoms with van der Waals surface area (Å²) in [4.78, 5) is 49.3. The molecule has 0 aliphatic heterocycles. The maximum absolute atomic E-state index is 12.6. The molecule has 1 atom stereocenters. The number of carbonyl (C=O) groups excluding carboxylic acids is 4. The van der Waals surface area contributed by atoms with Crippen LogP contribution >= 0.6 is 0 Å². The summed E-state index contributed by atoms with van der Waals surface area (Å²) in [5.41, 5.74) is 4.84. The SMILES string of the molecule is CCCC(=O)OCC[C@@](N)(Cc1ccc(OC(=O)CC(C)(C)C)c(OC(=O)CC(C)(C)C)c1)C(=O)OC. The van der Waals surface area contributed by atoms with E-state index in [9.17, 15) is 19.2 Å². The molecule has 9 nitrogen and oxygen atoms in total. The zero-order chi connectivity index (χ0) is 28.4. The number of carbonyl (C=O) groups is 4. The quantitative estimate of drug-likeness (QED) is 0.311. The number of ether oxygens (including phenoxy) is 4. The molecule has 0 aromatic heterocycles. The fourth-order valence-corrected chi connectivity index (χ4v) is 3.46. The van der Waals surface area contributed by atoms with Gasteiger partial charge in [0.25, 0.3) is 0 Å². The van der Waals surface area contributed by atoms with Gasteiger partial charge in [0.2, 0.25) is 0 Å². The molecule has 0 aliphatic carbocycles. The minimum absolute atomic E-state index is 0.00500. The Morgan fingerprint density at radius 3 is 1.86 bits per heavy atom. The molecule has 0 spiro atoms. The lowest BCUT2D eigenvalue weighted by Gasteiger charge is -2.27. The van der Waals surface area contributed by atoms with E-state index in [2.05, 4.69) is 0 Å². The van der Waals surface area contributed by atoms with Crippen molar-refractivity contribution in [2.75, 3.05) is 13.7 Å². The van der Waals surface area contributed by atoms with Crippen LogP contribution in [0.4, 0.5) is 0 Å². The molecule has 208 valence electrons. The highest BCUT2D eigenvalue weighted by atomic mass is 16.6. The highest BCUT2D eigenvalue weighted by Gasteiger charge is 2.36. The molecule has 0 amide bonds. The average molecular weight is 522 g/mol. The van der Waals surface area contributed by atoms with Crippen molar-refractivity contribution < 1.29 is 38.1 Å². The molecule has 0 radical (unpaired) electrons. The third-order valence-electron chi connectivity index (χ3n) is 5.18. The number of benzene rings is 1. The first kappa shape index (κ1) is 32.1. The first-order valence-electron chi connectivity index (χ1n) is 12.6. The van der Waals surface area contributed by atoms with E-state index in [4.69, 9.17) is 24.7 Å². The molecule has 0 heterocycles. The Bertz CT molecular complexity index is 958. The molecular weight excluding hydrogens is 478 g/mol. The Balaban J connectivity index is 3.24. The van der Waals surface area contributed by atoms with E-state index in [1.165, 1.54) is 19.2 Å². The number of esters is 4. The maximum Gasteiger partial charge on any atom is 0.326 e. The van der Waals surface area contributed by atoms with Crippen LogP contribution in [0.15, 0.2) is 18.2 Å². The largest absolute Gasteiger partial charge is 0.468 e. The van der Waals surface area contributed by atoms with Crippen LogP contribution in [0.3, 0.4) is 0 Å². The van der Waals surface area contributed by atoms with Crippen molar-refractivity contribution in [2.24, 2.45) is 16.6 Å². The summed E-state index contributed by atoms with van der Waals surface area (Å²) in [6.45, 7) is 13.3. The normalized spacial score (nSPS) is 13.3. The maximum atomic E-state index is 12.6. The summed E-state index contributed by atoms with van der Waals surface area (Å²) in [7, 11) is 1.23. The van der Waals surface area contributed by atoms with Crippen LogP contribution in [0.2, 0.25) is 0 Å². The van der Waals surface area contributed by atoms with E-state index in [-0.39, 0.29) is 67.0 Å². The number of nitrogens with two attached hydrogens (primary N) is 1. The van der Waals surface area contributed by atoms with Crippen LogP contribution in [-0.2, 0) is 35.1 Å². The van der Waals surface area contributed by atoms with E-state index in [1.807, 2.05) is 48.5 Å². The van der Waals surface area contributed by atoms with Crippen molar-refractivity contribution in [1.82, 2.24) is 0 Å². The minimum Gasteiger partial charge on any atom is -0.468 e. The van der Waals surface area contributed by atoms with Crippen LogP contribution in [0.1, 0.15) is 86.1 Å². The molecule has 0 unspecified atom stereocenters. The topological polar surface area (TPSA) is 131 Å². The van der Waals surface area contributed by atoms with Crippen molar-refractivity contribution in [3.05, 3.63) is 23.8 Å². The van der Waals surface area contributed by atoms with Gasteiger partial charge in [0.1, 0.15) is 5.54 Å². The second kappa shape index (κ2) is 13.6. The van der Waals surface area contributed by atoms with Gasteiger partial charge in [-0.2, -0.15) is 0 Å². The summed E-state index contributed by atoms with van der Waals surface area (Å²) in [6, 6.07) is 4.66. The van der Waals surface area contributed by atoms with Gasteiger partial charge < -0.3 is 24.7 Å². The van der Waals surface area contributed by atoms with Crippen LogP contribution in [0, 0.1) is 10.8 Å². The average Bonchev–Trinajstić information content (AvgIpc) is 2.72. The van der Waals surface area contributed by atoms with E-state index in [1.54, 1.807) is 6.07 Å². The molecule has 1 aromatic rings. The molecule has 2 N–H and O–H groups in total. The Morgan fingerprint density at radius 2 is 1.38 bits per heavy atom. The lowest BCUT2D eigenvalue weighted by Crippen LogP contribution is -2.51. The Morgan fingerprint density at radius 1 is 0.838 bits per heavy atom. The Kier molecular flexibility index (Phi) is 11.8. The van der Waals surface area contributed by atoms with Crippen LogP contribution in [0.5, 0.6) is 11.5 Å². The van der Waals surface area contributed by atoms with Crippen LogP contribution in [-0.4, -0.2) is 43.1 Å². The molecule has 0 saturated carbocycles. The summed E-state index contributed by atoms with van der Waals surface area (Å²) >= 11 is 0. The summed E-state index contributed by atoms with van der Waals surface area (Å²) in [5, 5.41) is 0. The highest BCUT2D eigenvalue weighted by molar-refractivity contribution is 5.81. The molecule has 0 aliphatic rings. The zero-order valence-corrected chi connectivity index (χ0v) is 23.5. The van der Waals surface area contributed by atoms with Crippen molar-refractivity contribution in [1.29, 1.82) is 0 Å². The van der Waals surface area contributed by atoms with E-state index < -0.39 is 23.4 Å². The summed E-state index contributed by atoms with van der Waals surface area (Å²) in [6.07, 6.45) is 1.25. The van der Waals surface area contributed by atoms with E-state index >= 15 is 0 Å². The Labute approximate surface area is 220 Å². The number of hydrogen-bond acceptors (Lipinski definition) is 9. The van der Waals surface area contributed by atoms with Gasteiger partial charge in [-0.1, -0.05) is 54.5 Å².